The molecule has 2 aromatic rings. The molecule has 0 aromatic carbocycles. The first kappa shape index (κ1) is 13.5. The van der Waals surface area contributed by atoms with Crippen LogP contribution in [-0.2, 0) is 6.42 Å². The number of nitrogens with one attached hydrogen (secondary N) is 2. The van der Waals surface area contributed by atoms with Crippen LogP contribution in [0.5, 0.6) is 0 Å². The number of pyridine rings is 1. The van der Waals surface area contributed by atoms with Gasteiger partial charge in [0.2, 0.25) is 0 Å². The highest BCUT2D eigenvalue weighted by molar-refractivity contribution is 6.29. The van der Waals surface area contributed by atoms with Crippen LogP contribution in [-0.4, -0.2) is 21.1 Å². The molecule has 0 unspecified atom stereocenters. The highest BCUT2D eigenvalue weighted by atomic mass is 35.5. The van der Waals surface area contributed by atoms with Gasteiger partial charge in [-0.2, -0.15) is 5.10 Å². The third-order valence-electron chi connectivity index (χ3n) is 2.84. The predicted molar refractivity (Wildman–Crippen MR) is 74.6 cm³/mol. The van der Waals surface area contributed by atoms with Crippen LogP contribution < -0.4 is 5.32 Å². The maximum atomic E-state index is 12.2. The number of hydrogen-bond donors (Lipinski definition) is 2. The summed E-state index contributed by atoms with van der Waals surface area (Å²) in [5, 5.41) is 10.0. The minimum absolute atomic E-state index is 0.216. The average Bonchev–Trinajstić information content (AvgIpc) is 2.69. The van der Waals surface area contributed by atoms with Crippen molar-refractivity contribution in [3.63, 3.8) is 0 Å². The van der Waals surface area contributed by atoms with E-state index in [-0.39, 0.29) is 5.91 Å². The molecule has 0 radical (unpaired) electrons. The van der Waals surface area contributed by atoms with Crippen molar-refractivity contribution in [3.05, 3.63) is 39.9 Å². The highest BCUT2D eigenvalue weighted by Crippen LogP contribution is 2.18. The third-order valence-corrected chi connectivity index (χ3v) is 3.03. The number of nitrogens with zero attached hydrogens (tertiary/aromatic N) is 2. The maximum absolute atomic E-state index is 12.2. The maximum Gasteiger partial charge on any atom is 0.255 e. The standard InChI is InChI=1S/C13H15ClN4O/c1-4-10-5-9(6-11(14)15-10)13(19)16-12-7(2)17-18-8(12)3/h5-6H,4H2,1-3H3,(H,16,19)(H,17,18). The SMILES string of the molecule is CCc1cc(C(=O)Nc2c(C)n[nH]c2C)cc(Cl)n1. The van der Waals surface area contributed by atoms with Crippen molar-refractivity contribution >= 4 is 23.2 Å². The molecule has 2 N–H and O–H groups in total. The number of rotatable bonds is 3. The van der Waals surface area contributed by atoms with Gasteiger partial charge < -0.3 is 5.32 Å². The molecular formula is C13H15ClN4O. The molecule has 0 aliphatic heterocycles. The average molecular weight is 279 g/mol. The fourth-order valence-electron chi connectivity index (χ4n) is 1.78. The van der Waals surface area contributed by atoms with Gasteiger partial charge in [-0.05, 0) is 32.4 Å². The molecule has 100 valence electrons. The van der Waals surface area contributed by atoms with Crippen LogP contribution in [0.3, 0.4) is 0 Å². The second-order valence-electron chi connectivity index (χ2n) is 4.29. The van der Waals surface area contributed by atoms with Gasteiger partial charge in [-0.3, -0.25) is 9.89 Å². The zero-order valence-corrected chi connectivity index (χ0v) is 11.8. The van der Waals surface area contributed by atoms with E-state index in [1.807, 2.05) is 20.8 Å². The van der Waals surface area contributed by atoms with E-state index in [2.05, 4.69) is 20.5 Å². The largest absolute Gasteiger partial charge is 0.319 e. The number of halogens is 1. The summed E-state index contributed by atoms with van der Waals surface area (Å²) >= 11 is 5.91. The number of hydrogen-bond acceptors (Lipinski definition) is 3. The summed E-state index contributed by atoms with van der Waals surface area (Å²) in [5.74, 6) is -0.216. The van der Waals surface area contributed by atoms with Crippen LogP contribution in [0.4, 0.5) is 5.69 Å². The summed E-state index contributed by atoms with van der Waals surface area (Å²) in [7, 11) is 0. The lowest BCUT2D eigenvalue weighted by atomic mass is 10.2. The molecule has 0 fully saturated rings. The highest BCUT2D eigenvalue weighted by Gasteiger charge is 2.13. The Hall–Kier alpha value is -1.88. The number of aromatic nitrogens is 3. The molecule has 0 aliphatic rings. The predicted octanol–water partition coefficient (Wildman–Crippen LogP) is 2.89. The van der Waals surface area contributed by atoms with Crippen molar-refractivity contribution < 1.29 is 4.79 Å². The molecule has 5 nitrogen and oxygen atoms in total. The first-order valence-electron chi connectivity index (χ1n) is 6.00. The summed E-state index contributed by atoms with van der Waals surface area (Å²) < 4.78 is 0. The Kier molecular flexibility index (Phi) is 3.85. The molecule has 0 saturated heterocycles. The van der Waals surface area contributed by atoms with Gasteiger partial charge in [0.1, 0.15) is 5.15 Å². The second-order valence-corrected chi connectivity index (χ2v) is 4.67. The lowest BCUT2D eigenvalue weighted by molar-refractivity contribution is 0.102. The van der Waals surface area contributed by atoms with Crippen molar-refractivity contribution in [2.75, 3.05) is 5.32 Å². The van der Waals surface area contributed by atoms with E-state index in [0.717, 1.165) is 23.5 Å². The van der Waals surface area contributed by atoms with Gasteiger partial charge in [0.15, 0.2) is 0 Å². The Balaban J connectivity index is 2.28. The van der Waals surface area contributed by atoms with Gasteiger partial charge in [-0.1, -0.05) is 18.5 Å². The minimum atomic E-state index is -0.216. The molecule has 0 spiro atoms. The molecule has 0 saturated carbocycles. The number of carbonyl (C=O) groups excluding carboxylic acids is 1. The van der Waals surface area contributed by atoms with E-state index < -0.39 is 0 Å². The number of amides is 1. The van der Waals surface area contributed by atoms with Crippen LogP contribution in [0, 0.1) is 13.8 Å². The van der Waals surface area contributed by atoms with E-state index in [1.165, 1.54) is 0 Å². The molecule has 0 aliphatic carbocycles. The molecule has 2 heterocycles. The van der Waals surface area contributed by atoms with Crippen LogP contribution in [0.25, 0.3) is 0 Å². The van der Waals surface area contributed by atoms with Gasteiger partial charge in [-0.25, -0.2) is 4.98 Å². The molecule has 2 rings (SSSR count). The zero-order valence-electron chi connectivity index (χ0n) is 11.0. The first-order valence-corrected chi connectivity index (χ1v) is 6.38. The van der Waals surface area contributed by atoms with Gasteiger partial charge in [0, 0.05) is 11.3 Å². The monoisotopic (exact) mass is 278 g/mol. The summed E-state index contributed by atoms with van der Waals surface area (Å²) in [6.07, 6.45) is 0.727. The van der Waals surface area contributed by atoms with Crippen molar-refractivity contribution in [3.8, 4) is 0 Å². The van der Waals surface area contributed by atoms with Gasteiger partial charge in [-0.15, -0.1) is 0 Å². The van der Waals surface area contributed by atoms with Crippen molar-refractivity contribution in [1.82, 2.24) is 15.2 Å². The quantitative estimate of drug-likeness (QED) is 0.848. The number of aryl methyl sites for hydroxylation is 3. The first-order chi connectivity index (χ1) is 9.01. The molecule has 6 heteroatoms. The Morgan fingerprint density at radius 1 is 1.42 bits per heavy atom. The smallest absolute Gasteiger partial charge is 0.255 e. The summed E-state index contributed by atoms with van der Waals surface area (Å²) in [4.78, 5) is 16.3. The fraction of sp³-hybridized carbons (Fsp3) is 0.308. The lowest BCUT2D eigenvalue weighted by Crippen LogP contribution is -2.13. The number of anilines is 1. The summed E-state index contributed by atoms with van der Waals surface area (Å²) in [6.45, 7) is 5.65. The van der Waals surface area contributed by atoms with E-state index in [0.29, 0.717) is 16.4 Å². The number of aromatic amines is 1. The van der Waals surface area contributed by atoms with E-state index in [9.17, 15) is 4.79 Å². The Morgan fingerprint density at radius 3 is 2.74 bits per heavy atom. The van der Waals surface area contributed by atoms with Gasteiger partial charge >= 0.3 is 0 Å². The zero-order chi connectivity index (χ0) is 14.0. The molecule has 1 amide bonds. The topological polar surface area (TPSA) is 70.7 Å². The third kappa shape index (κ3) is 2.93. The summed E-state index contributed by atoms with van der Waals surface area (Å²) in [6, 6.07) is 3.30. The Labute approximate surface area is 116 Å². The lowest BCUT2D eigenvalue weighted by Gasteiger charge is -2.07. The Morgan fingerprint density at radius 2 is 2.16 bits per heavy atom. The number of carbonyl (C=O) groups is 1. The molecule has 2 aromatic heterocycles. The van der Waals surface area contributed by atoms with Crippen LogP contribution in [0.15, 0.2) is 12.1 Å². The fourth-order valence-corrected chi connectivity index (χ4v) is 2.01. The molecule has 0 bridgehead atoms. The minimum Gasteiger partial charge on any atom is -0.319 e. The van der Waals surface area contributed by atoms with Crippen molar-refractivity contribution in [2.45, 2.75) is 27.2 Å². The number of H-pyrrole nitrogens is 1. The van der Waals surface area contributed by atoms with Crippen molar-refractivity contribution in [2.24, 2.45) is 0 Å². The van der Waals surface area contributed by atoms with Gasteiger partial charge in [0.25, 0.3) is 5.91 Å². The molecule has 19 heavy (non-hydrogen) atoms. The molecule has 0 atom stereocenters. The second kappa shape index (κ2) is 5.40. The normalized spacial score (nSPS) is 10.5. The van der Waals surface area contributed by atoms with Crippen LogP contribution in [0.1, 0.15) is 34.4 Å². The van der Waals surface area contributed by atoms with E-state index >= 15 is 0 Å². The van der Waals surface area contributed by atoms with Gasteiger partial charge in [0.05, 0.1) is 17.1 Å². The Bertz CT molecular complexity index is 602. The molecular weight excluding hydrogens is 264 g/mol. The van der Waals surface area contributed by atoms with Crippen LogP contribution in [0.2, 0.25) is 5.15 Å². The van der Waals surface area contributed by atoms with E-state index in [4.69, 9.17) is 11.6 Å². The van der Waals surface area contributed by atoms with Crippen molar-refractivity contribution in [1.29, 1.82) is 0 Å². The summed E-state index contributed by atoms with van der Waals surface area (Å²) in [5.41, 5.74) is 3.56. The van der Waals surface area contributed by atoms with Crippen LogP contribution >= 0.6 is 11.6 Å². The van der Waals surface area contributed by atoms with E-state index in [1.54, 1.807) is 12.1 Å².